The summed E-state index contributed by atoms with van der Waals surface area (Å²) >= 11 is 0. The van der Waals surface area contributed by atoms with E-state index in [4.69, 9.17) is 5.26 Å². The summed E-state index contributed by atoms with van der Waals surface area (Å²) in [4.78, 5) is 6.95. The van der Waals surface area contributed by atoms with Gasteiger partial charge in [-0.05, 0) is 50.7 Å². The first-order chi connectivity index (χ1) is 16.6. The molecule has 4 heterocycles. The Morgan fingerprint density at radius 2 is 1.91 bits per heavy atom. The van der Waals surface area contributed by atoms with Crippen molar-refractivity contribution in [3.63, 3.8) is 0 Å². The lowest BCUT2D eigenvalue weighted by atomic mass is 9.83. The normalized spacial score (nSPS) is 23.9. The average Bonchev–Trinajstić information content (AvgIpc) is 3.60. The molecule has 9 nitrogen and oxygen atoms in total. The molecule has 34 heavy (non-hydrogen) atoms. The third-order valence-corrected chi connectivity index (χ3v) is 7.10. The third-order valence-electron chi connectivity index (χ3n) is 7.10. The zero-order chi connectivity index (χ0) is 23.2. The molecule has 174 valence electrons. The van der Waals surface area contributed by atoms with Crippen molar-refractivity contribution in [3.05, 3.63) is 42.1 Å². The number of benzene rings is 1. The maximum Gasteiger partial charge on any atom is 0.198 e. The van der Waals surface area contributed by atoms with Gasteiger partial charge in [-0.2, -0.15) is 10.4 Å². The number of fused-ring (bicyclic) bond motifs is 2. The Kier molecular flexibility index (Phi) is 5.14. The highest BCUT2D eigenvalue weighted by atomic mass is 19.1. The number of hydrogen-bond acceptors (Lipinski definition) is 8. The molecule has 2 bridgehead atoms. The van der Waals surface area contributed by atoms with Crippen molar-refractivity contribution >= 4 is 5.82 Å². The number of aromatic nitrogens is 5. The van der Waals surface area contributed by atoms with Crippen molar-refractivity contribution in [1.82, 2.24) is 30.3 Å². The van der Waals surface area contributed by atoms with Crippen LogP contribution in [-0.2, 0) is 0 Å². The van der Waals surface area contributed by atoms with E-state index in [1.807, 2.05) is 0 Å². The number of piperidine rings is 2. The van der Waals surface area contributed by atoms with Gasteiger partial charge in [0.2, 0.25) is 0 Å². The van der Waals surface area contributed by atoms with Crippen LogP contribution in [0.15, 0.2) is 30.6 Å². The number of hydrogen-bond donors (Lipinski definition) is 2. The lowest BCUT2D eigenvalue weighted by Crippen LogP contribution is -2.55. The molecule has 0 radical (unpaired) electrons. The molecule has 0 spiro atoms. The third kappa shape index (κ3) is 3.86. The summed E-state index contributed by atoms with van der Waals surface area (Å²) < 4.78 is 14.9. The average molecular weight is 461 g/mol. The van der Waals surface area contributed by atoms with Crippen LogP contribution >= 0.6 is 0 Å². The number of nitriles is 1. The van der Waals surface area contributed by atoms with Crippen molar-refractivity contribution in [2.24, 2.45) is 0 Å². The minimum atomic E-state index is -0.716. The van der Waals surface area contributed by atoms with E-state index in [0.29, 0.717) is 41.2 Å². The molecule has 3 atom stereocenters. The first-order valence-electron chi connectivity index (χ1n) is 11.8. The topological polar surface area (TPSA) is 116 Å². The van der Waals surface area contributed by atoms with Crippen LogP contribution in [0, 0.1) is 17.1 Å². The Morgan fingerprint density at radius 3 is 2.53 bits per heavy atom. The van der Waals surface area contributed by atoms with E-state index in [2.05, 4.69) is 30.5 Å². The van der Waals surface area contributed by atoms with Crippen LogP contribution in [0.3, 0.4) is 0 Å². The van der Waals surface area contributed by atoms with Gasteiger partial charge in [-0.1, -0.05) is 6.42 Å². The fourth-order valence-corrected chi connectivity index (χ4v) is 5.41. The number of nitrogens with zero attached hydrogens (tertiary/aromatic N) is 7. The van der Waals surface area contributed by atoms with Gasteiger partial charge in [0.1, 0.15) is 11.8 Å². The highest BCUT2D eigenvalue weighted by molar-refractivity contribution is 5.66. The van der Waals surface area contributed by atoms with Gasteiger partial charge in [-0.3, -0.25) is 0 Å². The van der Waals surface area contributed by atoms with Crippen molar-refractivity contribution in [2.45, 2.75) is 69.1 Å². The molecule has 3 aliphatic rings. The van der Waals surface area contributed by atoms with Gasteiger partial charge in [-0.15, -0.1) is 10.2 Å². The number of phenols is 1. The molecule has 2 saturated heterocycles. The van der Waals surface area contributed by atoms with Gasteiger partial charge in [0.05, 0.1) is 23.6 Å². The maximum absolute atomic E-state index is 13.7. The Balaban J connectivity index is 1.24. The number of rotatable bonds is 5. The Morgan fingerprint density at radius 1 is 1.12 bits per heavy atom. The first-order valence-corrected chi connectivity index (χ1v) is 11.8. The molecule has 1 aliphatic carbocycles. The number of anilines is 1. The summed E-state index contributed by atoms with van der Waals surface area (Å²) in [7, 11) is 0. The van der Waals surface area contributed by atoms with Gasteiger partial charge in [-0.25, -0.2) is 14.1 Å². The van der Waals surface area contributed by atoms with Crippen LogP contribution in [-0.4, -0.2) is 54.2 Å². The van der Waals surface area contributed by atoms with E-state index in [9.17, 15) is 9.50 Å². The lowest BCUT2D eigenvalue weighted by Gasteiger charge is -2.45. The van der Waals surface area contributed by atoms with Crippen molar-refractivity contribution < 1.29 is 9.50 Å². The predicted molar refractivity (Wildman–Crippen MR) is 122 cm³/mol. The van der Waals surface area contributed by atoms with Gasteiger partial charge >= 0.3 is 0 Å². The predicted octanol–water partition coefficient (Wildman–Crippen LogP) is 3.08. The Hall–Kier alpha value is -3.58. The van der Waals surface area contributed by atoms with Crippen LogP contribution in [0.5, 0.6) is 5.75 Å². The largest absolute Gasteiger partial charge is 0.507 e. The lowest BCUT2D eigenvalue weighted by molar-refractivity contribution is 0.215. The number of nitrogens with one attached hydrogen (secondary N) is 1. The second-order valence-electron chi connectivity index (χ2n) is 9.48. The van der Waals surface area contributed by atoms with Crippen LogP contribution in [0.2, 0.25) is 0 Å². The zero-order valence-electron chi connectivity index (χ0n) is 18.6. The molecule has 2 aliphatic heterocycles. The molecule has 10 heteroatoms. The van der Waals surface area contributed by atoms with Crippen LogP contribution < -0.4 is 10.2 Å². The zero-order valence-corrected chi connectivity index (χ0v) is 18.6. The molecular weight excluding hydrogens is 435 g/mol. The van der Waals surface area contributed by atoms with E-state index in [1.165, 1.54) is 42.9 Å². The van der Waals surface area contributed by atoms with Crippen molar-refractivity contribution in [1.29, 1.82) is 5.26 Å². The Bertz CT molecular complexity index is 1240. The maximum atomic E-state index is 13.7. The van der Waals surface area contributed by atoms with Crippen LogP contribution in [0.25, 0.3) is 17.1 Å². The van der Waals surface area contributed by atoms with E-state index in [0.717, 1.165) is 24.9 Å². The van der Waals surface area contributed by atoms with Crippen LogP contribution in [0.4, 0.5) is 10.2 Å². The molecular formula is C24H25FN8O. The van der Waals surface area contributed by atoms with Gasteiger partial charge in [0, 0.05) is 30.2 Å². The fraction of sp³-hybridized carbons (Fsp3) is 0.458. The summed E-state index contributed by atoms with van der Waals surface area (Å²) in [5, 5.41) is 36.0. The molecule has 1 aromatic carbocycles. The van der Waals surface area contributed by atoms with Crippen molar-refractivity contribution in [2.75, 3.05) is 4.90 Å². The summed E-state index contributed by atoms with van der Waals surface area (Å²) in [6.45, 7) is 0. The van der Waals surface area contributed by atoms with Gasteiger partial charge in [0.15, 0.2) is 23.2 Å². The summed E-state index contributed by atoms with van der Waals surface area (Å²) in [6.07, 6.45) is 11.2. The van der Waals surface area contributed by atoms with Gasteiger partial charge in [0.25, 0.3) is 0 Å². The smallest absolute Gasteiger partial charge is 0.198 e. The van der Waals surface area contributed by atoms with E-state index in [-0.39, 0.29) is 11.4 Å². The van der Waals surface area contributed by atoms with Gasteiger partial charge < -0.3 is 15.3 Å². The second-order valence-corrected chi connectivity index (χ2v) is 9.48. The summed E-state index contributed by atoms with van der Waals surface area (Å²) in [5.74, 6) is 0.317. The summed E-state index contributed by atoms with van der Waals surface area (Å²) in [6, 6.07) is 8.55. The molecule has 1 saturated carbocycles. The quantitative estimate of drug-likeness (QED) is 0.597. The molecule has 0 amide bonds. The molecule has 3 aromatic rings. The SMILES string of the molecule is N#Cc1nn(-c2ccc(-c3ncc(N(C4CC4)[C@@H]4C[C@H]5CCC[C@@H](C4)N5)nn3)c(O)c2)cc1F. The molecule has 0 unspecified atom stereocenters. The Labute approximate surface area is 196 Å². The monoisotopic (exact) mass is 460 g/mol. The first kappa shape index (κ1) is 21.0. The molecule has 2 aromatic heterocycles. The van der Waals surface area contributed by atoms with Crippen LogP contribution in [0.1, 0.15) is 50.6 Å². The number of aromatic hydroxyl groups is 1. The van der Waals surface area contributed by atoms with E-state index < -0.39 is 5.82 Å². The molecule has 3 fully saturated rings. The minimum absolute atomic E-state index is 0.0771. The fourth-order valence-electron chi connectivity index (χ4n) is 5.41. The highest BCUT2D eigenvalue weighted by Gasteiger charge is 2.40. The van der Waals surface area contributed by atoms with Crippen molar-refractivity contribution in [3.8, 4) is 28.9 Å². The number of halogens is 1. The highest BCUT2D eigenvalue weighted by Crippen LogP contribution is 2.38. The standard InChI is InChI=1S/C24H25FN8O/c25-20-13-32(31-21(20)11-26)17-6-7-19(22(34)10-17)24-27-12-23(29-30-24)33(16-4-5-16)18-8-14-2-1-3-15(9-18)28-14/h6-7,10,12-16,18,28,34H,1-5,8-9H2/t14-,15+,18-. The molecule has 6 rings (SSSR count). The number of phenolic OH excluding ortho intramolecular Hbond substituents is 1. The van der Waals surface area contributed by atoms with E-state index in [1.54, 1.807) is 24.4 Å². The van der Waals surface area contributed by atoms with E-state index >= 15 is 0 Å². The minimum Gasteiger partial charge on any atom is -0.507 e. The summed E-state index contributed by atoms with van der Waals surface area (Å²) in [5.41, 5.74) is 0.539. The second kappa shape index (κ2) is 8.33. The molecule has 2 N–H and O–H groups in total.